The van der Waals surface area contributed by atoms with Gasteiger partial charge >= 0.3 is 0 Å². The summed E-state index contributed by atoms with van der Waals surface area (Å²) in [6.45, 7) is 3.81. The van der Waals surface area contributed by atoms with Gasteiger partial charge in [-0.25, -0.2) is 0 Å². The molecule has 2 aliphatic heterocycles. The van der Waals surface area contributed by atoms with Gasteiger partial charge in [-0.15, -0.1) is 0 Å². The summed E-state index contributed by atoms with van der Waals surface area (Å²) < 4.78 is 23.3. The topological polar surface area (TPSA) is 57.2 Å². The van der Waals surface area contributed by atoms with E-state index in [1.807, 2.05) is 50.2 Å². The number of rotatable bonds is 2. The quantitative estimate of drug-likeness (QED) is 0.922. The second-order valence-corrected chi connectivity index (χ2v) is 6.46. The van der Waals surface area contributed by atoms with Crippen LogP contribution < -0.4 is 4.74 Å². The van der Waals surface area contributed by atoms with E-state index in [0.29, 0.717) is 5.75 Å². The number of aliphatic hydroxyl groups is 1. The van der Waals surface area contributed by atoms with Crippen LogP contribution in [0.4, 0.5) is 0 Å². The molecule has 0 bridgehead atoms. The van der Waals surface area contributed by atoms with E-state index in [0.717, 1.165) is 10.8 Å². The van der Waals surface area contributed by atoms with E-state index in [1.54, 1.807) is 0 Å². The van der Waals surface area contributed by atoms with Crippen LogP contribution in [0, 0.1) is 0 Å². The van der Waals surface area contributed by atoms with Crippen LogP contribution in [0.1, 0.15) is 13.8 Å². The van der Waals surface area contributed by atoms with Crippen molar-refractivity contribution in [3.05, 3.63) is 42.5 Å². The summed E-state index contributed by atoms with van der Waals surface area (Å²) in [5.41, 5.74) is 0. The van der Waals surface area contributed by atoms with Gasteiger partial charge in [-0.3, -0.25) is 0 Å². The molecule has 0 saturated carbocycles. The lowest BCUT2D eigenvalue weighted by molar-refractivity contribution is -0.213. The average Bonchev–Trinajstić information content (AvgIpc) is 2.87. The first kappa shape index (κ1) is 14.9. The molecule has 0 spiro atoms. The molecule has 4 rings (SSSR count). The Morgan fingerprint density at radius 3 is 2.61 bits per heavy atom. The van der Waals surface area contributed by atoms with E-state index in [4.69, 9.17) is 18.9 Å². The van der Waals surface area contributed by atoms with Crippen molar-refractivity contribution in [3.63, 3.8) is 0 Å². The SMILES string of the molecule is CC1(C)O[C@@H]2[C@@H](O1)[C@H](Oc1ccc3ccccc3c1)OC[C@H]2O. The molecule has 2 saturated heterocycles. The third kappa shape index (κ3) is 2.81. The van der Waals surface area contributed by atoms with Crippen molar-refractivity contribution in [2.75, 3.05) is 6.61 Å². The first-order chi connectivity index (χ1) is 11.0. The number of fused-ring (bicyclic) bond motifs is 2. The second kappa shape index (κ2) is 5.46. The molecule has 2 aromatic rings. The molecule has 122 valence electrons. The standard InChI is InChI=1S/C18H20O5/c1-18(2)22-15-14(19)10-20-17(16(15)23-18)21-13-8-7-11-5-3-4-6-12(11)9-13/h3-9,14-17,19H,10H2,1-2H3/t14-,15+,16-,17+/m1/s1. The molecule has 0 amide bonds. The molecular formula is C18H20O5. The zero-order valence-electron chi connectivity index (χ0n) is 13.1. The lowest BCUT2D eigenvalue weighted by Gasteiger charge is -2.34. The monoisotopic (exact) mass is 316 g/mol. The van der Waals surface area contributed by atoms with Crippen LogP contribution in [0.25, 0.3) is 10.8 Å². The molecule has 2 heterocycles. The van der Waals surface area contributed by atoms with Crippen LogP contribution >= 0.6 is 0 Å². The van der Waals surface area contributed by atoms with Crippen molar-refractivity contribution < 1.29 is 24.1 Å². The fraction of sp³-hybridized carbons (Fsp3) is 0.444. The number of benzene rings is 2. The molecule has 1 N–H and O–H groups in total. The van der Waals surface area contributed by atoms with Crippen LogP contribution in [0.2, 0.25) is 0 Å². The maximum absolute atomic E-state index is 10.1. The summed E-state index contributed by atoms with van der Waals surface area (Å²) in [6.07, 6.45) is -2.21. The Morgan fingerprint density at radius 2 is 1.78 bits per heavy atom. The summed E-state index contributed by atoms with van der Waals surface area (Å²) in [5.74, 6) is -0.0493. The summed E-state index contributed by atoms with van der Waals surface area (Å²) in [6, 6.07) is 14.0. The Morgan fingerprint density at radius 1 is 1.04 bits per heavy atom. The Hall–Kier alpha value is -1.66. The lowest BCUT2D eigenvalue weighted by atomic mass is 10.1. The van der Waals surface area contributed by atoms with Gasteiger partial charge in [-0.1, -0.05) is 30.3 Å². The number of ether oxygens (including phenoxy) is 4. The van der Waals surface area contributed by atoms with E-state index < -0.39 is 30.4 Å². The van der Waals surface area contributed by atoms with Crippen molar-refractivity contribution in [1.82, 2.24) is 0 Å². The summed E-state index contributed by atoms with van der Waals surface area (Å²) >= 11 is 0. The van der Waals surface area contributed by atoms with Gasteiger partial charge in [0.05, 0.1) is 6.61 Å². The van der Waals surface area contributed by atoms with Crippen LogP contribution in [0.3, 0.4) is 0 Å². The highest BCUT2D eigenvalue weighted by Gasteiger charge is 2.52. The molecule has 5 nitrogen and oxygen atoms in total. The normalized spacial score (nSPS) is 32.7. The zero-order chi connectivity index (χ0) is 16.0. The van der Waals surface area contributed by atoms with E-state index >= 15 is 0 Å². The first-order valence-corrected chi connectivity index (χ1v) is 7.83. The number of hydrogen-bond acceptors (Lipinski definition) is 5. The highest BCUT2D eigenvalue weighted by atomic mass is 16.8. The highest BCUT2D eigenvalue weighted by molar-refractivity contribution is 5.83. The summed E-state index contributed by atoms with van der Waals surface area (Å²) in [7, 11) is 0. The molecule has 0 aromatic heterocycles. The summed E-state index contributed by atoms with van der Waals surface area (Å²) in [4.78, 5) is 0. The maximum Gasteiger partial charge on any atom is 0.229 e. The maximum atomic E-state index is 10.1. The predicted octanol–water partition coefficient (Wildman–Crippen LogP) is 2.46. The Labute approximate surface area is 134 Å². The molecule has 0 aliphatic carbocycles. The molecule has 0 radical (unpaired) electrons. The molecule has 5 heteroatoms. The lowest BCUT2D eigenvalue weighted by Crippen LogP contribution is -2.53. The van der Waals surface area contributed by atoms with E-state index in [9.17, 15) is 5.11 Å². The minimum atomic E-state index is -0.755. The predicted molar refractivity (Wildman–Crippen MR) is 84.1 cm³/mol. The third-order valence-corrected chi connectivity index (χ3v) is 4.22. The molecule has 4 atom stereocenters. The van der Waals surface area contributed by atoms with Crippen LogP contribution in [-0.4, -0.2) is 42.1 Å². The molecule has 2 aliphatic rings. The Balaban J connectivity index is 1.57. The molecule has 2 aromatic carbocycles. The van der Waals surface area contributed by atoms with Gasteiger partial charge in [0, 0.05) is 0 Å². The van der Waals surface area contributed by atoms with Gasteiger partial charge < -0.3 is 24.1 Å². The largest absolute Gasteiger partial charge is 0.462 e. The van der Waals surface area contributed by atoms with Crippen molar-refractivity contribution in [1.29, 1.82) is 0 Å². The van der Waals surface area contributed by atoms with Gasteiger partial charge in [0.1, 0.15) is 18.0 Å². The number of hydrogen-bond donors (Lipinski definition) is 1. The third-order valence-electron chi connectivity index (χ3n) is 4.22. The minimum absolute atomic E-state index is 0.166. The fourth-order valence-corrected chi connectivity index (χ4v) is 3.18. The van der Waals surface area contributed by atoms with Crippen molar-refractivity contribution in [2.24, 2.45) is 0 Å². The molecule has 0 unspecified atom stereocenters. The molecular weight excluding hydrogens is 296 g/mol. The van der Waals surface area contributed by atoms with E-state index in [-0.39, 0.29) is 6.61 Å². The smallest absolute Gasteiger partial charge is 0.229 e. The van der Waals surface area contributed by atoms with E-state index in [2.05, 4.69) is 6.07 Å². The van der Waals surface area contributed by atoms with Crippen LogP contribution in [0.5, 0.6) is 5.75 Å². The Bertz CT molecular complexity index is 713. The first-order valence-electron chi connectivity index (χ1n) is 7.83. The summed E-state index contributed by atoms with van der Waals surface area (Å²) in [5, 5.41) is 12.3. The zero-order valence-corrected chi connectivity index (χ0v) is 13.1. The fourth-order valence-electron chi connectivity index (χ4n) is 3.18. The van der Waals surface area contributed by atoms with Crippen LogP contribution in [0.15, 0.2) is 42.5 Å². The van der Waals surface area contributed by atoms with Gasteiger partial charge in [0.15, 0.2) is 11.9 Å². The van der Waals surface area contributed by atoms with Gasteiger partial charge in [-0.2, -0.15) is 0 Å². The van der Waals surface area contributed by atoms with Crippen molar-refractivity contribution in [3.8, 4) is 5.75 Å². The van der Waals surface area contributed by atoms with Crippen molar-refractivity contribution in [2.45, 2.75) is 44.2 Å². The minimum Gasteiger partial charge on any atom is -0.462 e. The Kier molecular flexibility index (Phi) is 3.54. The van der Waals surface area contributed by atoms with Gasteiger partial charge in [-0.05, 0) is 36.8 Å². The molecule has 2 fully saturated rings. The van der Waals surface area contributed by atoms with E-state index in [1.165, 1.54) is 0 Å². The average molecular weight is 316 g/mol. The molecule has 23 heavy (non-hydrogen) atoms. The van der Waals surface area contributed by atoms with Gasteiger partial charge in [0.2, 0.25) is 6.29 Å². The van der Waals surface area contributed by atoms with Gasteiger partial charge in [0.25, 0.3) is 0 Å². The number of aliphatic hydroxyl groups excluding tert-OH is 1. The van der Waals surface area contributed by atoms with Crippen molar-refractivity contribution >= 4 is 10.8 Å². The highest BCUT2D eigenvalue weighted by Crippen LogP contribution is 2.36. The second-order valence-electron chi connectivity index (χ2n) is 6.46. The van der Waals surface area contributed by atoms with Crippen LogP contribution in [-0.2, 0) is 14.2 Å².